The molecule has 2 heterocycles. The van der Waals surface area contributed by atoms with Crippen molar-refractivity contribution in [2.75, 3.05) is 11.5 Å². The van der Waals surface area contributed by atoms with Crippen molar-refractivity contribution in [3.63, 3.8) is 0 Å². The van der Waals surface area contributed by atoms with Gasteiger partial charge in [0.25, 0.3) is 10.5 Å². The third kappa shape index (κ3) is 6.26. The first-order valence-corrected chi connectivity index (χ1v) is 6.65. The minimum absolute atomic E-state index is 0. The minimum atomic E-state index is -1.21. The van der Waals surface area contributed by atoms with Crippen molar-refractivity contribution >= 4 is 45.9 Å². The number of carbonyl (C=O) groups is 4. The van der Waals surface area contributed by atoms with Gasteiger partial charge in [-0.2, -0.15) is 0 Å². The Bertz CT molecular complexity index is 357. The number of carboxylic acid groups (broad SMARTS) is 2. The predicted octanol–water partition coefficient (Wildman–Crippen LogP) is -2.88. The van der Waals surface area contributed by atoms with Crippen molar-refractivity contribution in [2.24, 2.45) is 0 Å². The van der Waals surface area contributed by atoms with E-state index in [1.54, 1.807) is 0 Å². The Kier molecular flexibility index (Phi) is 8.04. The zero-order valence-electron chi connectivity index (χ0n) is 9.54. The van der Waals surface area contributed by atoms with Crippen molar-refractivity contribution in [3.8, 4) is 0 Å². The molecule has 8 nitrogen and oxygen atoms in total. The SMILES string of the molecule is O=C1NC(C(=O)[O-])CS1.O=C1NC(C(=O)[O-])CS1.[Zn+2]. The van der Waals surface area contributed by atoms with Crippen LogP contribution in [0.1, 0.15) is 0 Å². The second-order valence-corrected chi connectivity index (χ2v) is 5.21. The molecule has 2 saturated heterocycles. The van der Waals surface area contributed by atoms with E-state index in [0.29, 0.717) is 0 Å². The summed E-state index contributed by atoms with van der Waals surface area (Å²) in [6.07, 6.45) is 0. The van der Waals surface area contributed by atoms with Crippen LogP contribution in [-0.4, -0.2) is 46.0 Å². The molecule has 0 aromatic rings. The van der Waals surface area contributed by atoms with Gasteiger partial charge in [0.05, 0.1) is 24.0 Å². The summed E-state index contributed by atoms with van der Waals surface area (Å²) in [5, 5.41) is 23.9. The van der Waals surface area contributed by atoms with Crippen molar-refractivity contribution in [2.45, 2.75) is 12.1 Å². The number of hydrogen-bond acceptors (Lipinski definition) is 8. The number of thioether (sulfide) groups is 2. The fourth-order valence-electron chi connectivity index (χ4n) is 1.02. The Morgan fingerprint density at radius 1 is 0.947 bits per heavy atom. The Labute approximate surface area is 129 Å². The summed E-state index contributed by atoms with van der Waals surface area (Å²) < 4.78 is 0. The largest absolute Gasteiger partial charge is 2.00 e. The zero-order valence-corrected chi connectivity index (χ0v) is 14.1. The summed E-state index contributed by atoms with van der Waals surface area (Å²) in [5.74, 6) is -1.87. The van der Waals surface area contributed by atoms with Gasteiger partial charge < -0.3 is 30.4 Å². The summed E-state index contributed by atoms with van der Waals surface area (Å²) in [6, 6.07) is -1.58. The Morgan fingerprint density at radius 3 is 1.37 bits per heavy atom. The number of hydrogen-bond donors (Lipinski definition) is 2. The summed E-state index contributed by atoms with van der Waals surface area (Å²) in [7, 11) is 0. The van der Waals surface area contributed by atoms with E-state index in [2.05, 4.69) is 10.6 Å². The van der Waals surface area contributed by atoms with Crippen LogP contribution >= 0.6 is 23.5 Å². The van der Waals surface area contributed by atoms with Gasteiger partial charge in [-0.1, -0.05) is 23.5 Å². The van der Waals surface area contributed by atoms with Gasteiger partial charge in [0.15, 0.2) is 0 Å². The predicted molar refractivity (Wildman–Crippen MR) is 59.6 cm³/mol. The average Bonchev–Trinajstić information content (AvgIpc) is 2.88. The molecule has 0 saturated carbocycles. The number of carboxylic acids is 2. The van der Waals surface area contributed by atoms with E-state index in [0.717, 1.165) is 23.5 Å². The van der Waals surface area contributed by atoms with E-state index in [4.69, 9.17) is 0 Å². The maximum Gasteiger partial charge on any atom is 2.00 e. The molecule has 2 atom stereocenters. The molecule has 2 aliphatic heterocycles. The second kappa shape index (κ2) is 8.39. The van der Waals surface area contributed by atoms with Crippen LogP contribution in [0.4, 0.5) is 9.59 Å². The molecule has 100 valence electrons. The zero-order chi connectivity index (χ0) is 13.7. The van der Waals surface area contributed by atoms with E-state index in [1.165, 1.54) is 0 Å². The van der Waals surface area contributed by atoms with Crippen LogP contribution in [0.2, 0.25) is 0 Å². The van der Waals surface area contributed by atoms with Gasteiger partial charge in [0.2, 0.25) is 0 Å². The molecule has 0 radical (unpaired) electrons. The van der Waals surface area contributed by atoms with Gasteiger partial charge in [-0.25, -0.2) is 0 Å². The van der Waals surface area contributed by atoms with E-state index >= 15 is 0 Å². The third-order valence-corrected chi connectivity index (χ3v) is 3.68. The summed E-state index contributed by atoms with van der Waals surface area (Å²) in [4.78, 5) is 40.7. The van der Waals surface area contributed by atoms with Gasteiger partial charge in [0.1, 0.15) is 0 Å². The number of aliphatic carboxylic acids is 2. The van der Waals surface area contributed by atoms with Crippen LogP contribution in [-0.2, 0) is 29.1 Å². The van der Waals surface area contributed by atoms with Gasteiger partial charge in [0, 0.05) is 11.5 Å². The molecule has 2 rings (SSSR count). The summed E-state index contributed by atoms with van der Waals surface area (Å²) in [6.45, 7) is 0. The maximum absolute atomic E-state index is 10.3. The normalized spacial score (nSPS) is 24.4. The molecule has 19 heavy (non-hydrogen) atoms. The van der Waals surface area contributed by atoms with Crippen molar-refractivity contribution in [1.29, 1.82) is 0 Å². The van der Waals surface area contributed by atoms with Gasteiger partial charge in [-0.15, -0.1) is 0 Å². The maximum atomic E-state index is 10.3. The van der Waals surface area contributed by atoms with E-state index in [9.17, 15) is 29.4 Å². The molecule has 0 bridgehead atoms. The molecule has 2 fully saturated rings. The summed E-state index contributed by atoms with van der Waals surface area (Å²) >= 11 is 1.93. The van der Waals surface area contributed by atoms with Gasteiger partial charge in [-0.3, -0.25) is 9.59 Å². The molecular weight excluding hydrogens is 350 g/mol. The van der Waals surface area contributed by atoms with E-state index in [-0.39, 0.29) is 41.5 Å². The van der Waals surface area contributed by atoms with E-state index in [1.807, 2.05) is 0 Å². The fourth-order valence-corrected chi connectivity index (χ4v) is 2.55. The second-order valence-electron chi connectivity index (χ2n) is 3.23. The first kappa shape index (κ1) is 18.2. The van der Waals surface area contributed by atoms with Crippen LogP contribution in [0.5, 0.6) is 0 Å². The topological polar surface area (TPSA) is 138 Å². The molecule has 2 unspecified atom stereocenters. The first-order valence-electron chi connectivity index (χ1n) is 4.68. The van der Waals surface area contributed by atoms with Crippen LogP contribution in [0, 0.1) is 0 Å². The van der Waals surface area contributed by atoms with Crippen molar-refractivity contribution in [1.82, 2.24) is 10.6 Å². The van der Waals surface area contributed by atoms with E-state index < -0.39 is 24.0 Å². The molecule has 2 amide bonds. The quantitative estimate of drug-likeness (QED) is 0.502. The molecule has 0 aromatic carbocycles. The fraction of sp³-hybridized carbons (Fsp3) is 0.500. The standard InChI is InChI=1S/2C4H5NO3S.Zn/c2*6-3(7)2-1-9-4(8)5-2;/h2*2H,1H2,(H,5,8)(H,6,7);/q;;+2/p-2. The molecule has 2 aliphatic rings. The Balaban J connectivity index is 0.000000324. The minimum Gasteiger partial charge on any atom is -0.548 e. The van der Waals surface area contributed by atoms with Crippen LogP contribution in [0.25, 0.3) is 0 Å². The first-order chi connectivity index (χ1) is 8.40. The number of amides is 2. The molecule has 11 heteroatoms. The van der Waals surface area contributed by atoms with Crippen LogP contribution in [0.3, 0.4) is 0 Å². The average molecular weight is 358 g/mol. The van der Waals surface area contributed by atoms with Crippen molar-refractivity contribution < 1.29 is 48.9 Å². The summed E-state index contributed by atoms with van der Waals surface area (Å²) in [5.41, 5.74) is 0. The Hall–Kier alpha value is -0.797. The smallest absolute Gasteiger partial charge is 0.548 e. The number of carbonyl (C=O) groups excluding carboxylic acids is 4. The monoisotopic (exact) mass is 356 g/mol. The molecule has 2 N–H and O–H groups in total. The number of nitrogens with one attached hydrogen (secondary N) is 2. The molecule has 0 spiro atoms. The molecule has 0 aromatic heterocycles. The van der Waals surface area contributed by atoms with Crippen LogP contribution in [0.15, 0.2) is 0 Å². The van der Waals surface area contributed by atoms with Crippen molar-refractivity contribution in [3.05, 3.63) is 0 Å². The number of rotatable bonds is 2. The third-order valence-electron chi connectivity index (χ3n) is 1.92. The Morgan fingerprint density at radius 2 is 1.26 bits per heavy atom. The van der Waals surface area contributed by atoms with Crippen LogP contribution < -0.4 is 20.8 Å². The van der Waals surface area contributed by atoms with Gasteiger partial charge >= 0.3 is 19.5 Å². The molecule has 0 aliphatic carbocycles. The van der Waals surface area contributed by atoms with Gasteiger partial charge in [-0.05, 0) is 0 Å². The molecular formula is C8H8N2O6S2Zn.